The van der Waals surface area contributed by atoms with E-state index in [2.05, 4.69) is 259 Å². The lowest BCUT2D eigenvalue weighted by Crippen LogP contribution is -2.11. The summed E-state index contributed by atoms with van der Waals surface area (Å²) < 4.78 is 5.39. The standard InChI is InChI=1S/C72H58N2/c1-70(2,3)43-32-33-60-54(34-43)56-35-44(71(4,5)6)37-58-64-63(42-24-14-11-15-25-42)69-65(62(41-22-12-10-13-23-41)68(64)73(60)66(56)58)59-38-45(72(7,8)9)36-57-55-39-52-50-30-20-18-28-48(50)46-26-16-17-27-47(46)49-29-19-21-31-51(49)53(52)40-61(55)74(69)67(57)59/h10-40H,1-9H3. The van der Waals surface area contributed by atoms with Crippen LogP contribution in [-0.4, -0.2) is 8.80 Å². The number of fused-ring (bicyclic) bond motifs is 20. The zero-order chi connectivity index (χ0) is 50.3. The first-order chi connectivity index (χ1) is 35.6. The van der Waals surface area contributed by atoms with Crippen LogP contribution in [0.3, 0.4) is 0 Å². The second-order valence-corrected chi connectivity index (χ2v) is 24.5. The molecule has 356 valence electrons. The Hall–Kier alpha value is -8.20. The summed E-state index contributed by atoms with van der Waals surface area (Å²) in [4.78, 5) is 0. The Morgan fingerprint density at radius 3 is 1.01 bits per heavy atom. The van der Waals surface area contributed by atoms with E-state index in [0.29, 0.717) is 0 Å². The Kier molecular flexibility index (Phi) is 8.64. The van der Waals surface area contributed by atoms with E-state index in [1.807, 2.05) is 0 Å². The van der Waals surface area contributed by atoms with E-state index in [-0.39, 0.29) is 16.2 Å². The second-order valence-electron chi connectivity index (χ2n) is 24.5. The van der Waals surface area contributed by atoms with Crippen molar-refractivity contribution in [1.29, 1.82) is 0 Å². The number of aromatic nitrogens is 2. The van der Waals surface area contributed by atoms with Crippen molar-refractivity contribution < 1.29 is 0 Å². The van der Waals surface area contributed by atoms with E-state index in [4.69, 9.17) is 0 Å². The van der Waals surface area contributed by atoms with Crippen LogP contribution in [0.15, 0.2) is 188 Å². The van der Waals surface area contributed by atoms with Crippen LogP contribution in [0.5, 0.6) is 0 Å². The minimum absolute atomic E-state index is 0.00114. The number of benzene rings is 10. The second kappa shape index (κ2) is 14.7. The van der Waals surface area contributed by atoms with E-state index >= 15 is 0 Å². The molecule has 0 radical (unpaired) electrons. The molecule has 0 spiro atoms. The molecule has 1 aliphatic carbocycles. The molecule has 2 nitrogen and oxygen atoms in total. The van der Waals surface area contributed by atoms with Gasteiger partial charge in [-0.1, -0.05) is 202 Å². The van der Waals surface area contributed by atoms with E-state index in [0.717, 1.165) is 0 Å². The van der Waals surface area contributed by atoms with Crippen LogP contribution >= 0.6 is 0 Å². The third-order valence-electron chi connectivity index (χ3n) is 17.0. The van der Waals surface area contributed by atoms with Gasteiger partial charge in [0, 0.05) is 54.2 Å². The van der Waals surface area contributed by atoms with Gasteiger partial charge in [-0.3, -0.25) is 0 Å². The highest BCUT2D eigenvalue weighted by molar-refractivity contribution is 6.38. The number of hydrogen-bond acceptors (Lipinski definition) is 0. The van der Waals surface area contributed by atoms with Crippen LogP contribution in [0.25, 0.3) is 143 Å². The van der Waals surface area contributed by atoms with E-state index < -0.39 is 0 Å². The Bertz CT molecular complexity index is 4670. The SMILES string of the molecule is CC(C)(C)c1ccc2c(c1)c1cc(C(C)(C)C)cc3c4c(-c5ccccc5)c5c(c(-c6ccccc6)c4n2c13)c1cc(C(C)(C)C)cc2c3cc4c(cc3n5c21)-c1ccccc1-c1ccccc1-c1ccccc1-4. The molecule has 0 saturated carbocycles. The van der Waals surface area contributed by atoms with Crippen LogP contribution in [0, 0.1) is 0 Å². The molecule has 15 rings (SSSR count). The molecule has 1 aliphatic rings. The highest BCUT2D eigenvalue weighted by Crippen LogP contribution is 2.57. The van der Waals surface area contributed by atoms with Crippen LogP contribution in [0.1, 0.15) is 79.0 Å². The minimum atomic E-state index is -0.125. The molecule has 14 aromatic rings. The van der Waals surface area contributed by atoms with Gasteiger partial charge in [-0.05, 0) is 137 Å². The maximum absolute atomic E-state index is 2.71. The van der Waals surface area contributed by atoms with E-state index in [9.17, 15) is 0 Å². The van der Waals surface area contributed by atoms with Crippen molar-refractivity contribution in [2.45, 2.75) is 78.6 Å². The van der Waals surface area contributed by atoms with Gasteiger partial charge in [-0.2, -0.15) is 0 Å². The van der Waals surface area contributed by atoms with Gasteiger partial charge in [-0.15, -0.1) is 0 Å². The Labute approximate surface area is 432 Å². The van der Waals surface area contributed by atoms with Crippen molar-refractivity contribution >= 4 is 76.2 Å². The van der Waals surface area contributed by atoms with Gasteiger partial charge < -0.3 is 8.80 Å². The molecule has 0 aliphatic heterocycles. The quantitative estimate of drug-likeness (QED) is 0.163. The molecular formula is C72H58N2. The van der Waals surface area contributed by atoms with Gasteiger partial charge in [0.1, 0.15) is 0 Å². The molecule has 0 amide bonds. The Morgan fingerprint density at radius 1 is 0.257 bits per heavy atom. The third-order valence-corrected chi connectivity index (χ3v) is 17.0. The lowest BCUT2D eigenvalue weighted by molar-refractivity contribution is 0.590. The first kappa shape index (κ1) is 43.4. The summed E-state index contributed by atoms with van der Waals surface area (Å²) in [5.74, 6) is 0. The van der Waals surface area contributed by atoms with Crippen LogP contribution in [0.4, 0.5) is 0 Å². The van der Waals surface area contributed by atoms with Gasteiger partial charge >= 0.3 is 0 Å². The molecule has 0 saturated heterocycles. The molecule has 0 fully saturated rings. The van der Waals surface area contributed by atoms with E-state index in [1.165, 1.54) is 160 Å². The first-order valence-corrected chi connectivity index (χ1v) is 26.6. The zero-order valence-electron chi connectivity index (χ0n) is 43.8. The summed E-state index contributed by atoms with van der Waals surface area (Å²) in [6.45, 7) is 21.3. The molecule has 0 N–H and O–H groups in total. The monoisotopic (exact) mass is 950 g/mol. The van der Waals surface area contributed by atoms with Crippen LogP contribution < -0.4 is 0 Å². The summed E-state index contributed by atoms with van der Waals surface area (Å²) in [7, 11) is 0. The summed E-state index contributed by atoms with van der Waals surface area (Å²) in [6, 6.07) is 72.5. The average Bonchev–Trinajstić information content (AvgIpc) is 4.12. The number of hydrogen-bond donors (Lipinski definition) is 0. The van der Waals surface area contributed by atoms with Gasteiger partial charge in [0.25, 0.3) is 0 Å². The predicted molar refractivity (Wildman–Crippen MR) is 318 cm³/mol. The summed E-state index contributed by atoms with van der Waals surface area (Å²) in [5, 5.41) is 10.4. The fourth-order valence-electron chi connectivity index (χ4n) is 13.3. The largest absolute Gasteiger partial charge is 0.307 e. The molecule has 74 heavy (non-hydrogen) atoms. The lowest BCUT2D eigenvalue weighted by Gasteiger charge is -2.23. The van der Waals surface area contributed by atoms with Crippen molar-refractivity contribution in [3.05, 3.63) is 205 Å². The van der Waals surface area contributed by atoms with Crippen LogP contribution in [-0.2, 0) is 16.2 Å². The van der Waals surface area contributed by atoms with Crippen LogP contribution in [0.2, 0.25) is 0 Å². The molecule has 4 aromatic heterocycles. The highest BCUT2D eigenvalue weighted by atomic mass is 14.9. The fraction of sp³-hybridized carbons (Fsp3) is 0.167. The Balaban J connectivity index is 1.24. The minimum Gasteiger partial charge on any atom is -0.307 e. The normalized spacial score (nSPS) is 13.2. The fourth-order valence-corrected chi connectivity index (χ4v) is 13.3. The van der Waals surface area contributed by atoms with Crippen molar-refractivity contribution in [3.63, 3.8) is 0 Å². The van der Waals surface area contributed by atoms with E-state index in [1.54, 1.807) is 0 Å². The summed E-state index contributed by atoms with van der Waals surface area (Å²) in [6.07, 6.45) is 0. The van der Waals surface area contributed by atoms with Gasteiger partial charge in [0.15, 0.2) is 0 Å². The van der Waals surface area contributed by atoms with Crippen molar-refractivity contribution in [3.8, 4) is 66.8 Å². The molecular weight excluding hydrogens is 893 g/mol. The van der Waals surface area contributed by atoms with Gasteiger partial charge in [0.05, 0.1) is 33.1 Å². The van der Waals surface area contributed by atoms with Crippen molar-refractivity contribution in [1.82, 2.24) is 8.80 Å². The van der Waals surface area contributed by atoms with Gasteiger partial charge in [-0.25, -0.2) is 0 Å². The summed E-state index contributed by atoms with van der Waals surface area (Å²) in [5.41, 5.74) is 26.5. The first-order valence-electron chi connectivity index (χ1n) is 26.6. The predicted octanol–water partition coefficient (Wildman–Crippen LogP) is 20.2. The molecule has 2 heteroatoms. The highest BCUT2D eigenvalue weighted by Gasteiger charge is 2.34. The molecule has 0 unspecified atom stereocenters. The average molecular weight is 951 g/mol. The van der Waals surface area contributed by atoms with Crippen molar-refractivity contribution in [2.24, 2.45) is 0 Å². The summed E-state index contributed by atoms with van der Waals surface area (Å²) >= 11 is 0. The lowest BCUT2D eigenvalue weighted by atomic mass is 9.80. The number of rotatable bonds is 2. The number of nitrogens with zero attached hydrogens (tertiary/aromatic N) is 2. The maximum atomic E-state index is 2.71. The Morgan fingerprint density at radius 2 is 0.595 bits per heavy atom. The van der Waals surface area contributed by atoms with Gasteiger partial charge in [0.2, 0.25) is 0 Å². The molecule has 0 bridgehead atoms. The molecule has 0 atom stereocenters. The third kappa shape index (κ3) is 5.83. The molecule has 4 heterocycles. The molecule has 10 aromatic carbocycles. The zero-order valence-corrected chi connectivity index (χ0v) is 43.8. The smallest absolute Gasteiger partial charge is 0.0634 e. The maximum Gasteiger partial charge on any atom is 0.0634 e. The van der Waals surface area contributed by atoms with Crippen molar-refractivity contribution in [2.75, 3.05) is 0 Å². The topological polar surface area (TPSA) is 8.82 Å².